The van der Waals surface area contributed by atoms with Gasteiger partial charge in [-0.2, -0.15) is 0 Å². The number of hydrogen-bond acceptors (Lipinski definition) is 4. The molecule has 5 nitrogen and oxygen atoms in total. The average Bonchev–Trinajstić information content (AvgIpc) is 2.80. The largest absolute Gasteiger partial charge is 0.433 e. The van der Waals surface area contributed by atoms with E-state index in [1.54, 1.807) is 6.07 Å². The molecular formula is C11H16N2O3. The zero-order valence-electron chi connectivity index (χ0n) is 9.15. The Balaban J connectivity index is 2.28. The number of nitrogens with zero attached hydrogens (tertiary/aromatic N) is 1. The molecule has 0 atom stereocenters. The van der Waals surface area contributed by atoms with Crippen molar-refractivity contribution in [2.75, 3.05) is 6.54 Å². The summed E-state index contributed by atoms with van der Waals surface area (Å²) < 4.78 is 5.30. The third kappa shape index (κ3) is 1.82. The third-order valence-electron chi connectivity index (χ3n) is 3.50. The van der Waals surface area contributed by atoms with Gasteiger partial charge < -0.3 is 10.2 Å². The summed E-state index contributed by atoms with van der Waals surface area (Å²) in [7, 11) is 0. The lowest BCUT2D eigenvalue weighted by Gasteiger charge is -2.33. The Morgan fingerprint density at radius 2 is 2.06 bits per heavy atom. The first kappa shape index (κ1) is 11.1. The summed E-state index contributed by atoms with van der Waals surface area (Å²) >= 11 is 0. The van der Waals surface area contributed by atoms with Crippen LogP contribution < -0.4 is 5.73 Å². The van der Waals surface area contributed by atoms with E-state index < -0.39 is 4.92 Å². The van der Waals surface area contributed by atoms with E-state index in [1.165, 1.54) is 12.5 Å². The molecule has 1 aliphatic carbocycles. The van der Waals surface area contributed by atoms with Crippen LogP contribution in [-0.2, 0) is 5.41 Å². The number of rotatable bonds is 3. The van der Waals surface area contributed by atoms with Gasteiger partial charge in [0.05, 0.1) is 6.07 Å². The lowest BCUT2D eigenvalue weighted by Crippen LogP contribution is -2.36. The van der Waals surface area contributed by atoms with Crippen molar-refractivity contribution in [2.45, 2.75) is 37.5 Å². The molecule has 1 aliphatic rings. The maximum atomic E-state index is 10.6. The topological polar surface area (TPSA) is 82.3 Å². The Hall–Kier alpha value is -1.36. The molecular weight excluding hydrogens is 208 g/mol. The molecule has 1 fully saturated rings. The summed E-state index contributed by atoms with van der Waals surface area (Å²) in [5.74, 6) is 0.495. The number of hydrogen-bond donors (Lipinski definition) is 1. The Morgan fingerprint density at radius 3 is 2.56 bits per heavy atom. The van der Waals surface area contributed by atoms with Gasteiger partial charge in [-0.15, -0.1) is 0 Å². The first-order valence-electron chi connectivity index (χ1n) is 5.63. The molecule has 88 valence electrons. The van der Waals surface area contributed by atoms with Crippen molar-refractivity contribution in [3.63, 3.8) is 0 Å². The third-order valence-corrected chi connectivity index (χ3v) is 3.50. The van der Waals surface area contributed by atoms with E-state index >= 15 is 0 Å². The van der Waals surface area contributed by atoms with E-state index in [1.807, 2.05) is 0 Å². The van der Waals surface area contributed by atoms with Gasteiger partial charge in [-0.25, -0.2) is 0 Å². The fourth-order valence-corrected chi connectivity index (χ4v) is 2.49. The molecule has 0 bridgehead atoms. The van der Waals surface area contributed by atoms with Crippen LogP contribution in [0.25, 0.3) is 0 Å². The SMILES string of the molecule is NCC1(c2ccc([N+](=O)[O-])o2)CCCCC1. The van der Waals surface area contributed by atoms with E-state index in [4.69, 9.17) is 10.2 Å². The second kappa shape index (κ2) is 4.25. The van der Waals surface area contributed by atoms with Gasteiger partial charge in [-0.1, -0.05) is 19.3 Å². The molecule has 1 heterocycles. The summed E-state index contributed by atoms with van der Waals surface area (Å²) in [6.45, 7) is 0.498. The molecule has 0 unspecified atom stereocenters. The van der Waals surface area contributed by atoms with Crippen molar-refractivity contribution in [1.82, 2.24) is 0 Å². The summed E-state index contributed by atoms with van der Waals surface area (Å²) in [5, 5.41) is 10.6. The molecule has 5 heteroatoms. The van der Waals surface area contributed by atoms with E-state index in [0.717, 1.165) is 25.7 Å². The predicted molar refractivity (Wildman–Crippen MR) is 59.2 cm³/mol. The Morgan fingerprint density at radius 1 is 1.38 bits per heavy atom. The van der Waals surface area contributed by atoms with Gasteiger partial charge in [0.2, 0.25) is 0 Å². The van der Waals surface area contributed by atoms with E-state index in [0.29, 0.717) is 12.3 Å². The Kier molecular flexibility index (Phi) is 2.96. The highest BCUT2D eigenvalue weighted by Gasteiger charge is 2.36. The Labute approximate surface area is 93.8 Å². The zero-order chi connectivity index (χ0) is 11.6. The summed E-state index contributed by atoms with van der Waals surface area (Å²) in [6, 6.07) is 3.12. The van der Waals surface area contributed by atoms with Crippen LogP contribution in [0, 0.1) is 10.1 Å². The maximum absolute atomic E-state index is 10.6. The van der Waals surface area contributed by atoms with Crippen LogP contribution in [-0.4, -0.2) is 11.5 Å². The number of nitrogens with two attached hydrogens (primary N) is 1. The molecule has 1 saturated carbocycles. The summed E-state index contributed by atoms with van der Waals surface area (Å²) in [5.41, 5.74) is 5.65. The molecule has 0 radical (unpaired) electrons. The van der Waals surface area contributed by atoms with Crippen molar-refractivity contribution >= 4 is 5.88 Å². The molecule has 2 N–H and O–H groups in total. The summed E-state index contributed by atoms with van der Waals surface area (Å²) in [6.07, 6.45) is 5.38. The minimum atomic E-state index is -0.503. The number of nitro groups is 1. The molecule has 1 aromatic heterocycles. The Bertz CT molecular complexity index is 380. The highest BCUT2D eigenvalue weighted by Crippen LogP contribution is 2.40. The minimum Gasteiger partial charge on any atom is -0.405 e. The quantitative estimate of drug-likeness (QED) is 0.631. The van der Waals surface area contributed by atoms with Crippen LogP contribution >= 0.6 is 0 Å². The average molecular weight is 224 g/mol. The molecule has 0 aromatic carbocycles. The van der Waals surface area contributed by atoms with Crippen molar-refractivity contribution in [3.05, 3.63) is 28.0 Å². The van der Waals surface area contributed by atoms with E-state index in [2.05, 4.69) is 0 Å². The molecule has 0 spiro atoms. The van der Waals surface area contributed by atoms with Gasteiger partial charge in [0.25, 0.3) is 0 Å². The fourth-order valence-electron chi connectivity index (χ4n) is 2.49. The van der Waals surface area contributed by atoms with Crippen LogP contribution in [0.4, 0.5) is 5.88 Å². The summed E-state index contributed by atoms with van der Waals surface area (Å²) in [4.78, 5) is 10.1. The fraction of sp³-hybridized carbons (Fsp3) is 0.636. The van der Waals surface area contributed by atoms with E-state index in [-0.39, 0.29) is 11.3 Å². The van der Waals surface area contributed by atoms with Gasteiger partial charge in [0.15, 0.2) is 0 Å². The normalized spacial score (nSPS) is 19.6. The monoisotopic (exact) mass is 224 g/mol. The van der Waals surface area contributed by atoms with Crippen LogP contribution in [0.2, 0.25) is 0 Å². The molecule has 0 aliphatic heterocycles. The standard InChI is InChI=1S/C11H16N2O3/c12-8-11(6-2-1-3-7-11)9-4-5-10(16-9)13(14)15/h4-5H,1-3,6-8,12H2. The highest BCUT2D eigenvalue weighted by molar-refractivity contribution is 5.24. The first-order valence-corrected chi connectivity index (χ1v) is 5.63. The van der Waals surface area contributed by atoms with Gasteiger partial charge in [-0.3, -0.25) is 10.1 Å². The van der Waals surface area contributed by atoms with Crippen molar-refractivity contribution in [3.8, 4) is 0 Å². The minimum absolute atomic E-state index is 0.174. The van der Waals surface area contributed by atoms with Crippen molar-refractivity contribution in [2.24, 2.45) is 5.73 Å². The molecule has 2 rings (SSSR count). The lowest BCUT2D eigenvalue weighted by molar-refractivity contribution is -0.402. The highest BCUT2D eigenvalue weighted by atomic mass is 16.6. The molecule has 0 amide bonds. The van der Waals surface area contributed by atoms with Crippen LogP contribution in [0.3, 0.4) is 0 Å². The first-order chi connectivity index (χ1) is 7.68. The van der Waals surface area contributed by atoms with Gasteiger partial charge in [0.1, 0.15) is 10.7 Å². The predicted octanol–water partition coefficient (Wildman–Crippen LogP) is 2.35. The van der Waals surface area contributed by atoms with Gasteiger partial charge in [-0.05, 0) is 18.9 Å². The number of furan rings is 1. The smallest absolute Gasteiger partial charge is 0.405 e. The van der Waals surface area contributed by atoms with Gasteiger partial charge >= 0.3 is 5.88 Å². The van der Waals surface area contributed by atoms with Crippen molar-refractivity contribution < 1.29 is 9.34 Å². The maximum Gasteiger partial charge on any atom is 0.433 e. The van der Waals surface area contributed by atoms with E-state index in [9.17, 15) is 10.1 Å². The molecule has 1 aromatic rings. The van der Waals surface area contributed by atoms with Crippen molar-refractivity contribution in [1.29, 1.82) is 0 Å². The second-order valence-electron chi connectivity index (χ2n) is 4.44. The molecule has 0 saturated heterocycles. The van der Waals surface area contributed by atoms with Crippen LogP contribution in [0.5, 0.6) is 0 Å². The zero-order valence-corrected chi connectivity index (χ0v) is 9.15. The van der Waals surface area contributed by atoms with Crippen LogP contribution in [0.15, 0.2) is 16.5 Å². The molecule has 16 heavy (non-hydrogen) atoms. The lowest BCUT2D eigenvalue weighted by atomic mass is 9.72. The van der Waals surface area contributed by atoms with Crippen LogP contribution in [0.1, 0.15) is 37.9 Å². The van der Waals surface area contributed by atoms with Gasteiger partial charge in [0, 0.05) is 12.0 Å². The second-order valence-corrected chi connectivity index (χ2v) is 4.44.